The predicted octanol–water partition coefficient (Wildman–Crippen LogP) is 3.17. The van der Waals surface area contributed by atoms with Crippen LogP contribution in [0.2, 0.25) is 0 Å². The van der Waals surface area contributed by atoms with Gasteiger partial charge in [-0.1, -0.05) is 35.5 Å². The molecule has 0 bridgehead atoms. The highest BCUT2D eigenvalue weighted by Crippen LogP contribution is 2.16. The molecule has 21 heavy (non-hydrogen) atoms. The van der Waals surface area contributed by atoms with Crippen molar-refractivity contribution in [3.05, 3.63) is 64.7 Å². The Kier molecular flexibility index (Phi) is 4.82. The molecule has 0 atom stereocenters. The molecule has 110 valence electrons. The third-order valence-electron chi connectivity index (χ3n) is 3.41. The normalized spacial score (nSPS) is 11.4. The van der Waals surface area contributed by atoms with Gasteiger partial charge >= 0.3 is 0 Å². The van der Waals surface area contributed by atoms with Crippen LogP contribution in [0.5, 0.6) is 5.75 Å². The smallest absolute Gasteiger partial charge is 0.143 e. The second-order valence-electron chi connectivity index (χ2n) is 5.12. The molecule has 0 amide bonds. The number of hydrogen-bond donors (Lipinski definition) is 2. The van der Waals surface area contributed by atoms with E-state index in [1.165, 1.54) is 11.1 Å². The van der Waals surface area contributed by atoms with Crippen molar-refractivity contribution in [1.29, 1.82) is 0 Å². The van der Waals surface area contributed by atoms with E-state index < -0.39 is 0 Å². The maximum Gasteiger partial charge on any atom is 0.143 e. The fourth-order valence-electron chi connectivity index (χ4n) is 2.01. The summed E-state index contributed by atoms with van der Waals surface area (Å²) >= 11 is 0. The van der Waals surface area contributed by atoms with E-state index in [9.17, 15) is 0 Å². The zero-order valence-corrected chi connectivity index (χ0v) is 12.3. The molecule has 0 saturated heterocycles. The first-order chi connectivity index (χ1) is 10.1. The highest BCUT2D eigenvalue weighted by Gasteiger charge is 2.01. The number of nitrogens with zero attached hydrogens (tertiary/aromatic N) is 1. The molecule has 0 aliphatic carbocycles. The summed E-state index contributed by atoms with van der Waals surface area (Å²) in [5, 5.41) is 11.5. The Hall–Kier alpha value is -2.49. The topological polar surface area (TPSA) is 67.8 Å². The maximum absolute atomic E-state index is 8.54. The average molecular weight is 284 g/mol. The van der Waals surface area contributed by atoms with Gasteiger partial charge in [-0.15, -0.1) is 0 Å². The zero-order chi connectivity index (χ0) is 15.2. The highest BCUT2D eigenvalue weighted by molar-refractivity contribution is 5.82. The van der Waals surface area contributed by atoms with Crippen molar-refractivity contribution in [2.24, 2.45) is 10.9 Å². The molecule has 0 saturated carbocycles. The van der Waals surface area contributed by atoms with Crippen molar-refractivity contribution in [3.8, 4) is 5.75 Å². The van der Waals surface area contributed by atoms with E-state index in [2.05, 4.69) is 37.2 Å². The van der Waals surface area contributed by atoms with Crippen LogP contribution in [0.25, 0.3) is 0 Å². The molecular formula is C17H20N2O2. The van der Waals surface area contributed by atoms with E-state index in [0.29, 0.717) is 13.0 Å². The molecule has 2 aromatic carbocycles. The number of benzene rings is 2. The van der Waals surface area contributed by atoms with Gasteiger partial charge < -0.3 is 15.7 Å². The molecule has 3 N–H and O–H groups in total. The maximum atomic E-state index is 8.54. The minimum Gasteiger partial charge on any atom is -0.489 e. The molecule has 0 aliphatic heterocycles. The van der Waals surface area contributed by atoms with Crippen molar-refractivity contribution in [3.63, 3.8) is 0 Å². The molecule has 0 aliphatic rings. The van der Waals surface area contributed by atoms with Gasteiger partial charge in [0.1, 0.15) is 18.2 Å². The Balaban J connectivity index is 1.95. The van der Waals surface area contributed by atoms with Gasteiger partial charge in [-0.3, -0.25) is 0 Å². The van der Waals surface area contributed by atoms with E-state index in [-0.39, 0.29) is 5.84 Å². The van der Waals surface area contributed by atoms with Crippen LogP contribution >= 0.6 is 0 Å². The van der Waals surface area contributed by atoms with Gasteiger partial charge in [0.05, 0.1) is 0 Å². The van der Waals surface area contributed by atoms with E-state index in [1.54, 1.807) is 0 Å². The van der Waals surface area contributed by atoms with E-state index in [1.807, 2.05) is 24.3 Å². The minimum absolute atomic E-state index is 0.193. The quantitative estimate of drug-likeness (QED) is 0.383. The summed E-state index contributed by atoms with van der Waals surface area (Å²) in [5.74, 6) is 0.996. The van der Waals surface area contributed by atoms with Crippen LogP contribution < -0.4 is 10.5 Å². The molecule has 0 unspecified atom stereocenters. The SMILES string of the molecule is Cc1ccc(COc2ccc(CC(N)=NO)cc2)cc1C. The lowest BCUT2D eigenvalue weighted by molar-refractivity contribution is 0.306. The standard InChI is InChI=1S/C17H20N2O2/c1-12-3-4-15(9-13(12)2)11-21-16-7-5-14(6-8-16)10-17(18)19-20/h3-9,20H,10-11H2,1-2H3,(H2,18,19). The van der Waals surface area contributed by atoms with Gasteiger partial charge in [0.25, 0.3) is 0 Å². The lowest BCUT2D eigenvalue weighted by Gasteiger charge is -2.09. The second kappa shape index (κ2) is 6.79. The van der Waals surface area contributed by atoms with Crippen LogP contribution in [0, 0.1) is 13.8 Å². The molecule has 2 aromatic rings. The largest absolute Gasteiger partial charge is 0.489 e. The Morgan fingerprint density at radius 3 is 2.33 bits per heavy atom. The number of aryl methyl sites for hydroxylation is 2. The summed E-state index contributed by atoms with van der Waals surface area (Å²) in [4.78, 5) is 0. The summed E-state index contributed by atoms with van der Waals surface area (Å²) in [6, 6.07) is 13.9. The molecule has 0 radical (unpaired) electrons. The van der Waals surface area contributed by atoms with Gasteiger partial charge in [0, 0.05) is 6.42 Å². The average Bonchev–Trinajstić information content (AvgIpc) is 2.50. The Bertz CT molecular complexity index is 634. The van der Waals surface area contributed by atoms with Crippen molar-refractivity contribution in [1.82, 2.24) is 0 Å². The molecular weight excluding hydrogens is 264 g/mol. The highest BCUT2D eigenvalue weighted by atomic mass is 16.5. The first-order valence-corrected chi connectivity index (χ1v) is 6.83. The molecule has 0 spiro atoms. The van der Waals surface area contributed by atoms with Gasteiger partial charge in [0.15, 0.2) is 0 Å². The number of amidine groups is 1. The third kappa shape index (κ3) is 4.24. The fourth-order valence-corrected chi connectivity index (χ4v) is 2.01. The summed E-state index contributed by atoms with van der Waals surface area (Å²) < 4.78 is 5.76. The van der Waals surface area contributed by atoms with Crippen LogP contribution in [-0.2, 0) is 13.0 Å². The van der Waals surface area contributed by atoms with Gasteiger partial charge in [-0.25, -0.2) is 0 Å². The summed E-state index contributed by atoms with van der Waals surface area (Å²) in [7, 11) is 0. The van der Waals surface area contributed by atoms with Crippen LogP contribution in [0.1, 0.15) is 22.3 Å². The van der Waals surface area contributed by atoms with E-state index in [0.717, 1.165) is 16.9 Å². The third-order valence-corrected chi connectivity index (χ3v) is 3.41. The Morgan fingerprint density at radius 2 is 1.71 bits per heavy atom. The van der Waals surface area contributed by atoms with Gasteiger partial charge in [-0.05, 0) is 48.2 Å². The predicted molar refractivity (Wildman–Crippen MR) is 83.8 cm³/mol. The first-order valence-electron chi connectivity index (χ1n) is 6.83. The first kappa shape index (κ1) is 14.9. The number of rotatable bonds is 5. The second-order valence-corrected chi connectivity index (χ2v) is 5.12. The summed E-state index contributed by atoms with van der Waals surface area (Å²) in [6.45, 7) is 4.74. The summed E-state index contributed by atoms with van der Waals surface area (Å²) in [6.07, 6.45) is 0.425. The zero-order valence-electron chi connectivity index (χ0n) is 12.3. The molecule has 0 heterocycles. The van der Waals surface area contributed by atoms with Crippen LogP contribution in [0.4, 0.5) is 0 Å². The number of nitrogens with two attached hydrogens (primary N) is 1. The Labute approximate surface area is 124 Å². The number of oxime groups is 1. The number of ether oxygens (including phenoxy) is 1. The van der Waals surface area contributed by atoms with Crippen LogP contribution in [0.3, 0.4) is 0 Å². The minimum atomic E-state index is 0.193. The van der Waals surface area contributed by atoms with E-state index >= 15 is 0 Å². The van der Waals surface area contributed by atoms with Crippen molar-refractivity contribution < 1.29 is 9.94 Å². The van der Waals surface area contributed by atoms with Crippen LogP contribution in [0.15, 0.2) is 47.6 Å². The summed E-state index contributed by atoms with van der Waals surface area (Å²) in [5.41, 5.74) is 10.2. The van der Waals surface area contributed by atoms with Crippen LogP contribution in [-0.4, -0.2) is 11.0 Å². The molecule has 0 fully saturated rings. The van der Waals surface area contributed by atoms with Gasteiger partial charge in [-0.2, -0.15) is 0 Å². The molecule has 4 nitrogen and oxygen atoms in total. The Morgan fingerprint density at radius 1 is 1.05 bits per heavy atom. The fraction of sp³-hybridized carbons (Fsp3) is 0.235. The monoisotopic (exact) mass is 284 g/mol. The number of hydrogen-bond acceptors (Lipinski definition) is 3. The van der Waals surface area contributed by atoms with Crippen molar-refractivity contribution >= 4 is 5.84 Å². The molecule has 2 rings (SSSR count). The molecule has 0 aromatic heterocycles. The lowest BCUT2D eigenvalue weighted by atomic mass is 10.1. The van der Waals surface area contributed by atoms with Crippen molar-refractivity contribution in [2.75, 3.05) is 0 Å². The van der Waals surface area contributed by atoms with Gasteiger partial charge in [0.2, 0.25) is 0 Å². The molecule has 4 heteroatoms. The van der Waals surface area contributed by atoms with E-state index in [4.69, 9.17) is 15.7 Å². The van der Waals surface area contributed by atoms with Crippen molar-refractivity contribution in [2.45, 2.75) is 26.9 Å². The lowest BCUT2D eigenvalue weighted by Crippen LogP contribution is -2.14.